The molecule has 0 fully saturated rings. The molecule has 0 aliphatic heterocycles. The number of aromatic nitrogens is 2. The average molecular weight is 380 g/mol. The zero-order valence-electron chi connectivity index (χ0n) is 11.9. The molecule has 1 aromatic carbocycles. The smallest absolute Gasteiger partial charge is 0.308 e. The third-order valence-electron chi connectivity index (χ3n) is 2.71. The molecule has 24 heavy (non-hydrogen) atoms. The highest BCUT2D eigenvalue weighted by atomic mass is 35.5. The molecule has 0 spiro atoms. The van der Waals surface area contributed by atoms with Gasteiger partial charge in [0.15, 0.2) is 10.3 Å². The Morgan fingerprint density at radius 3 is 2.50 bits per heavy atom. The molecule has 0 bridgehead atoms. The van der Waals surface area contributed by atoms with Crippen LogP contribution in [0.25, 0.3) is 0 Å². The maximum atomic E-state index is 12.0. The van der Waals surface area contributed by atoms with Crippen molar-refractivity contribution in [1.82, 2.24) is 9.97 Å². The summed E-state index contributed by atoms with van der Waals surface area (Å²) in [5.41, 5.74) is 0.798. The number of carbonyl (C=O) groups is 2. The molecular weight excluding hydrogens is 370 g/mol. The van der Waals surface area contributed by atoms with Gasteiger partial charge in [-0.05, 0) is 24.3 Å². The van der Waals surface area contributed by atoms with Crippen molar-refractivity contribution >= 4 is 62.2 Å². The number of amides is 3. The molecule has 10 heteroatoms. The van der Waals surface area contributed by atoms with E-state index < -0.39 is 6.03 Å². The molecule has 0 saturated heterocycles. The molecule has 0 radical (unpaired) electrons. The Labute approximate surface area is 149 Å². The van der Waals surface area contributed by atoms with E-state index in [9.17, 15) is 9.59 Å². The fraction of sp³-hybridized carbons (Fsp3) is 0. The van der Waals surface area contributed by atoms with Crippen molar-refractivity contribution in [3.05, 3.63) is 51.9 Å². The summed E-state index contributed by atoms with van der Waals surface area (Å²) >= 11 is 8.24. The Hall–Kier alpha value is -2.49. The van der Waals surface area contributed by atoms with Gasteiger partial charge >= 0.3 is 6.03 Å². The number of nitrogens with one attached hydrogen (secondary N) is 3. The quantitative estimate of drug-likeness (QED) is 0.634. The van der Waals surface area contributed by atoms with Gasteiger partial charge in [-0.25, -0.2) is 14.8 Å². The molecule has 122 valence electrons. The van der Waals surface area contributed by atoms with E-state index in [1.165, 1.54) is 11.3 Å². The van der Waals surface area contributed by atoms with Crippen molar-refractivity contribution in [3.8, 4) is 0 Å². The highest BCUT2D eigenvalue weighted by Crippen LogP contribution is 2.19. The second kappa shape index (κ2) is 7.39. The van der Waals surface area contributed by atoms with Crippen molar-refractivity contribution in [1.29, 1.82) is 0 Å². The zero-order valence-corrected chi connectivity index (χ0v) is 14.3. The summed E-state index contributed by atoms with van der Waals surface area (Å²) in [6.07, 6.45) is 1.59. The Balaban J connectivity index is 1.58. The van der Waals surface area contributed by atoms with Crippen LogP contribution in [0.15, 0.2) is 41.2 Å². The van der Waals surface area contributed by atoms with E-state index in [1.54, 1.807) is 41.2 Å². The molecular formula is C14H10ClN5O2S2. The molecule has 3 N–H and O–H groups in total. The highest BCUT2D eigenvalue weighted by Gasteiger charge is 2.13. The summed E-state index contributed by atoms with van der Waals surface area (Å²) in [5, 5.41) is 12.5. The fourth-order valence-corrected chi connectivity index (χ4v) is 3.01. The van der Waals surface area contributed by atoms with Crippen molar-refractivity contribution in [3.63, 3.8) is 0 Å². The van der Waals surface area contributed by atoms with Gasteiger partial charge in [0.1, 0.15) is 5.69 Å². The van der Waals surface area contributed by atoms with Crippen LogP contribution in [-0.4, -0.2) is 21.9 Å². The van der Waals surface area contributed by atoms with Crippen LogP contribution in [0.4, 0.5) is 20.7 Å². The first-order valence-electron chi connectivity index (χ1n) is 6.60. The van der Waals surface area contributed by atoms with Gasteiger partial charge < -0.3 is 5.32 Å². The maximum absolute atomic E-state index is 12.0. The molecule has 3 rings (SSSR count). The summed E-state index contributed by atoms with van der Waals surface area (Å²) in [7, 11) is 0. The van der Waals surface area contributed by atoms with Gasteiger partial charge in [-0.3, -0.25) is 15.4 Å². The van der Waals surface area contributed by atoms with Gasteiger partial charge in [-0.15, -0.1) is 22.7 Å². The van der Waals surface area contributed by atoms with Crippen LogP contribution in [0, 0.1) is 0 Å². The number of urea groups is 1. The topological polar surface area (TPSA) is 96.0 Å². The lowest BCUT2D eigenvalue weighted by atomic mass is 10.3. The van der Waals surface area contributed by atoms with Crippen molar-refractivity contribution in [2.45, 2.75) is 0 Å². The van der Waals surface area contributed by atoms with Crippen LogP contribution in [0.3, 0.4) is 0 Å². The summed E-state index contributed by atoms with van der Waals surface area (Å²) in [5.74, 6) is -0.382. The Bertz CT molecular complexity index is 848. The first-order valence-corrected chi connectivity index (χ1v) is 8.74. The first kappa shape index (κ1) is 16.4. The molecule has 0 aliphatic rings. The van der Waals surface area contributed by atoms with Gasteiger partial charge in [0, 0.05) is 27.7 Å². The van der Waals surface area contributed by atoms with E-state index in [-0.39, 0.29) is 11.6 Å². The van der Waals surface area contributed by atoms with E-state index in [0.29, 0.717) is 21.0 Å². The number of carbonyl (C=O) groups excluding carboxylic acids is 2. The van der Waals surface area contributed by atoms with Crippen LogP contribution in [0.2, 0.25) is 5.02 Å². The lowest BCUT2D eigenvalue weighted by Gasteiger charge is -2.05. The monoisotopic (exact) mass is 379 g/mol. The van der Waals surface area contributed by atoms with Crippen LogP contribution in [0.5, 0.6) is 0 Å². The summed E-state index contributed by atoms with van der Waals surface area (Å²) in [6, 6.07) is 6.23. The number of thiazole rings is 2. The van der Waals surface area contributed by atoms with Crippen molar-refractivity contribution < 1.29 is 9.59 Å². The number of hydrogen-bond acceptors (Lipinski definition) is 6. The van der Waals surface area contributed by atoms with Gasteiger partial charge in [0.2, 0.25) is 0 Å². The summed E-state index contributed by atoms with van der Waals surface area (Å²) in [4.78, 5) is 31.9. The predicted octanol–water partition coefficient (Wildman–Crippen LogP) is 4.15. The van der Waals surface area contributed by atoms with E-state index in [4.69, 9.17) is 11.6 Å². The molecule has 0 unspecified atom stereocenters. The Kier molecular flexibility index (Phi) is 5.04. The van der Waals surface area contributed by atoms with Crippen LogP contribution >= 0.6 is 34.3 Å². The molecule has 2 heterocycles. The van der Waals surface area contributed by atoms with Crippen molar-refractivity contribution in [2.75, 3.05) is 16.0 Å². The van der Waals surface area contributed by atoms with E-state index in [0.717, 1.165) is 11.3 Å². The molecule has 2 aromatic heterocycles. The number of nitrogens with zero attached hydrogens (tertiary/aromatic N) is 2. The maximum Gasteiger partial charge on any atom is 0.325 e. The fourth-order valence-electron chi connectivity index (χ4n) is 1.67. The highest BCUT2D eigenvalue weighted by molar-refractivity contribution is 7.14. The molecule has 0 atom stereocenters. The minimum atomic E-state index is -0.460. The first-order chi connectivity index (χ1) is 11.6. The van der Waals surface area contributed by atoms with Crippen LogP contribution in [-0.2, 0) is 0 Å². The van der Waals surface area contributed by atoms with Gasteiger partial charge in [-0.2, -0.15) is 0 Å². The largest absolute Gasteiger partial charge is 0.325 e. The number of benzene rings is 1. The molecule has 0 aliphatic carbocycles. The molecule has 7 nitrogen and oxygen atoms in total. The molecule has 3 amide bonds. The Morgan fingerprint density at radius 1 is 1.00 bits per heavy atom. The lowest BCUT2D eigenvalue weighted by Crippen LogP contribution is -2.19. The number of anilines is 3. The van der Waals surface area contributed by atoms with E-state index in [1.807, 2.05) is 0 Å². The number of rotatable bonds is 4. The Morgan fingerprint density at radius 2 is 1.79 bits per heavy atom. The number of hydrogen-bond donors (Lipinski definition) is 3. The van der Waals surface area contributed by atoms with Crippen molar-refractivity contribution in [2.24, 2.45) is 0 Å². The average Bonchev–Trinajstić information content (AvgIpc) is 3.21. The second-order valence-electron chi connectivity index (χ2n) is 4.42. The standard InChI is InChI=1S/C14H10ClN5O2S2/c15-8-1-3-9(4-2-8)17-12(22)20-14-18-10(7-24-14)11(21)19-13-16-5-6-23-13/h1-7H,(H,16,19,21)(H2,17,18,20,22). The minimum Gasteiger partial charge on any atom is -0.308 e. The minimum absolute atomic E-state index is 0.206. The SMILES string of the molecule is O=C(Nc1ccc(Cl)cc1)Nc1nc(C(=O)Nc2nccs2)cs1. The normalized spacial score (nSPS) is 10.2. The van der Waals surface area contributed by atoms with Gasteiger partial charge in [0.25, 0.3) is 5.91 Å². The zero-order chi connectivity index (χ0) is 16.9. The van der Waals surface area contributed by atoms with E-state index >= 15 is 0 Å². The predicted molar refractivity (Wildman–Crippen MR) is 96.3 cm³/mol. The number of halogens is 1. The molecule has 3 aromatic rings. The van der Waals surface area contributed by atoms with E-state index in [2.05, 4.69) is 25.9 Å². The van der Waals surface area contributed by atoms with Crippen LogP contribution in [0.1, 0.15) is 10.5 Å². The van der Waals surface area contributed by atoms with Gasteiger partial charge in [-0.1, -0.05) is 11.6 Å². The lowest BCUT2D eigenvalue weighted by molar-refractivity contribution is 0.102. The second-order valence-corrected chi connectivity index (χ2v) is 6.60. The molecule has 0 saturated carbocycles. The summed E-state index contributed by atoms with van der Waals surface area (Å²) < 4.78 is 0. The third kappa shape index (κ3) is 4.28. The third-order valence-corrected chi connectivity index (χ3v) is 4.41. The van der Waals surface area contributed by atoms with Gasteiger partial charge in [0.05, 0.1) is 0 Å². The van der Waals surface area contributed by atoms with Crippen LogP contribution < -0.4 is 16.0 Å². The summed E-state index contributed by atoms with van der Waals surface area (Å²) in [6.45, 7) is 0.